The first-order valence-corrected chi connectivity index (χ1v) is 28.7. The minimum Gasteiger partial charge on any atom is -0.309 e. The third kappa shape index (κ3) is 5.59. The topological polar surface area (TPSA) is 3.24 Å². The van der Waals surface area contributed by atoms with Crippen LogP contribution < -0.4 is 4.90 Å². The Morgan fingerprint density at radius 3 is 1.00 bits per heavy atom. The molecule has 78 heavy (non-hydrogen) atoms. The van der Waals surface area contributed by atoms with E-state index < -0.39 is 16.2 Å². The number of hydrogen-bond donors (Lipinski definition) is 0. The van der Waals surface area contributed by atoms with Crippen LogP contribution in [-0.2, 0) is 16.2 Å². The molecule has 2 heterocycles. The second-order valence-electron chi connectivity index (χ2n) is 21.3. The number of benzene rings is 12. The maximum absolute atomic E-state index is 2.66. The number of fused-ring (bicyclic) bond motifs is 21. The molecule has 12 aromatic carbocycles. The average Bonchev–Trinajstić information content (AvgIpc) is 3.90. The lowest BCUT2D eigenvalue weighted by Crippen LogP contribution is -2.32. The monoisotopic (exact) mass is 1030 g/mol. The number of rotatable bonds is 5. The van der Waals surface area contributed by atoms with Gasteiger partial charge in [-0.3, -0.25) is 0 Å². The SMILES string of the molecule is c1ccc(C2(c3ccccc3)c3ccccc3-c3ccc(N(c4cccc5c4-c4ccccc4C54c5ccccc5Sc5ccccc54)c4cccc5c4-c4ccccc4C54c5ccccc5Sc5ccccc54)cc32)cc1. The van der Waals surface area contributed by atoms with Crippen molar-refractivity contribution in [2.24, 2.45) is 0 Å². The van der Waals surface area contributed by atoms with E-state index in [9.17, 15) is 0 Å². The molecular formula is C75H47NS2. The summed E-state index contributed by atoms with van der Waals surface area (Å²) in [6.45, 7) is 0. The standard InChI is InChI=1S/C75H47NS2/c1-3-23-48(24-4-1)73(49-25-5-2-6-26-49)55-30-10-7-27-51(55)52-46-45-50(47-64(52)73)76(65-39-21-37-62-71(65)53-28-8-11-31-56(53)74(62)58-33-13-17-41-67(58)77-68-42-18-14-34-59(68)74)66-40-22-38-63-72(66)54-29-9-12-32-57(54)75(63)60-35-15-19-43-69(60)78-70-44-20-16-36-61(70)75/h1-47H. The summed E-state index contributed by atoms with van der Waals surface area (Å²) in [5, 5.41) is 0. The van der Waals surface area contributed by atoms with E-state index >= 15 is 0 Å². The van der Waals surface area contributed by atoms with Crippen LogP contribution in [0.15, 0.2) is 305 Å². The third-order valence-corrected chi connectivity index (χ3v) is 20.2. The van der Waals surface area contributed by atoms with E-state index in [1.807, 2.05) is 23.5 Å². The van der Waals surface area contributed by atoms with Gasteiger partial charge < -0.3 is 4.90 Å². The highest BCUT2D eigenvalue weighted by Gasteiger charge is 2.54. The first-order valence-electron chi connectivity index (χ1n) is 27.1. The second-order valence-corrected chi connectivity index (χ2v) is 23.4. The molecule has 17 rings (SSSR count). The Kier molecular flexibility index (Phi) is 9.41. The largest absolute Gasteiger partial charge is 0.309 e. The Bertz CT molecular complexity index is 4150. The lowest BCUT2D eigenvalue weighted by Gasteiger charge is -2.40. The lowest BCUT2D eigenvalue weighted by molar-refractivity contribution is 0.722. The first kappa shape index (κ1) is 44.3. The van der Waals surface area contributed by atoms with E-state index in [2.05, 4.69) is 290 Å². The summed E-state index contributed by atoms with van der Waals surface area (Å²) in [4.78, 5) is 7.86. The summed E-state index contributed by atoms with van der Waals surface area (Å²) in [6.07, 6.45) is 0. The molecule has 3 heteroatoms. The predicted octanol–water partition coefficient (Wildman–Crippen LogP) is 19.2. The average molecular weight is 1030 g/mol. The van der Waals surface area contributed by atoms with E-state index in [4.69, 9.17) is 0 Å². The van der Waals surface area contributed by atoms with Gasteiger partial charge in [0.05, 0.1) is 27.6 Å². The fourth-order valence-electron chi connectivity index (χ4n) is 15.1. The van der Waals surface area contributed by atoms with Gasteiger partial charge in [0, 0.05) is 36.4 Å². The zero-order chi connectivity index (χ0) is 51.2. The molecule has 0 saturated heterocycles. The molecule has 0 N–H and O–H groups in total. The van der Waals surface area contributed by atoms with Crippen molar-refractivity contribution in [2.75, 3.05) is 4.90 Å². The Hall–Kier alpha value is -8.86. The maximum Gasteiger partial charge on any atom is 0.0736 e. The third-order valence-electron chi connectivity index (χ3n) is 17.9. The molecule has 364 valence electrons. The van der Waals surface area contributed by atoms with Crippen LogP contribution in [0.25, 0.3) is 33.4 Å². The maximum atomic E-state index is 2.66. The molecule has 0 unspecified atom stereocenters. The van der Waals surface area contributed by atoms with Crippen molar-refractivity contribution in [3.63, 3.8) is 0 Å². The Morgan fingerprint density at radius 1 is 0.231 bits per heavy atom. The molecule has 12 aromatic rings. The molecule has 3 aliphatic carbocycles. The van der Waals surface area contributed by atoms with E-state index in [1.165, 1.54) is 120 Å². The van der Waals surface area contributed by atoms with Crippen molar-refractivity contribution in [1.29, 1.82) is 0 Å². The molecule has 0 atom stereocenters. The van der Waals surface area contributed by atoms with Gasteiger partial charge in [-0.15, -0.1) is 0 Å². The smallest absolute Gasteiger partial charge is 0.0736 e. The van der Waals surface area contributed by atoms with E-state index in [1.54, 1.807) is 0 Å². The van der Waals surface area contributed by atoms with Gasteiger partial charge in [0.15, 0.2) is 0 Å². The summed E-state index contributed by atoms with van der Waals surface area (Å²) < 4.78 is 0. The molecule has 0 amide bonds. The van der Waals surface area contributed by atoms with Crippen LogP contribution in [0.2, 0.25) is 0 Å². The molecule has 0 radical (unpaired) electrons. The van der Waals surface area contributed by atoms with Gasteiger partial charge in [-0.05, 0) is 138 Å². The molecule has 0 bridgehead atoms. The van der Waals surface area contributed by atoms with Crippen LogP contribution in [0, 0.1) is 0 Å². The minimum absolute atomic E-state index is 0.552. The van der Waals surface area contributed by atoms with Gasteiger partial charge in [0.1, 0.15) is 0 Å². The molecule has 0 saturated carbocycles. The van der Waals surface area contributed by atoms with Crippen LogP contribution in [0.1, 0.15) is 66.8 Å². The highest BCUT2D eigenvalue weighted by Crippen LogP contribution is 2.68. The quantitative estimate of drug-likeness (QED) is 0.169. The van der Waals surface area contributed by atoms with Gasteiger partial charge in [-0.1, -0.05) is 260 Å². The normalized spacial score (nSPS) is 15.1. The van der Waals surface area contributed by atoms with Gasteiger partial charge in [-0.25, -0.2) is 0 Å². The number of nitrogens with zero attached hydrogens (tertiary/aromatic N) is 1. The summed E-state index contributed by atoms with van der Waals surface area (Å²) >= 11 is 3.79. The molecule has 2 spiro atoms. The summed E-state index contributed by atoms with van der Waals surface area (Å²) in [5.74, 6) is 0. The summed E-state index contributed by atoms with van der Waals surface area (Å²) in [7, 11) is 0. The zero-order valence-electron chi connectivity index (χ0n) is 42.4. The van der Waals surface area contributed by atoms with E-state index in [0.29, 0.717) is 0 Å². The fraction of sp³-hybridized carbons (Fsp3) is 0.0400. The van der Waals surface area contributed by atoms with Crippen molar-refractivity contribution in [3.8, 4) is 33.4 Å². The van der Waals surface area contributed by atoms with Gasteiger partial charge >= 0.3 is 0 Å². The van der Waals surface area contributed by atoms with Crippen molar-refractivity contribution < 1.29 is 0 Å². The van der Waals surface area contributed by atoms with Gasteiger partial charge in [0.2, 0.25) is 0 Å². The van der Waals surface area contributed by atoms with Gasteiger partial charge in [0.25, 0.3) is 0 Å². The molecule has 2 aliphatic heterocycles. The lowest BCUT2D eigenvalue weighted by atomic mass is 9.67. The number of hydrogen-bond acceptors (Lipinski definition) is 3. The Morgan fingerprint density at radius 2 is 0.564 bits per heavy atom. The zero-order valence-corrected chi connectivity index (χ0v) is 44.0. The molecule has 0 aromatic heterocycles. The van der Waals surface area contributed by atoms with Crippen molar-refractivity contribution in [3.05, 3.63) is 352 Å². The van der Waals surface area contributed by atoms with Crippen LogP contribution in [0.5, 0.6) is 0 Å². The second kappa shape index (κ2) is 16.6. The molecule has 1 nitrogen and oxygen atoms in total. The van der Waals surface area contributed by atoms with E-state index in [-0.39, 0.29) is 0 Å². The predicted molar refractivity (Wildman–Crippen MR) is 321 cm³/mol. The molecule has 0 fully saturated rings. The highest BCUT2D eigenvalue weighted by atomic mass is 32.2. The van der Waals surface area contributed by atoms with Crippen molar-refractivity contribution in [1.82, 2.24) is 0 Å². The van der Waals surface area contributed by atoms with E-state index in [0.717, 1.165) is 17.1 Å². The van der Waals surface area contributed by atoms with Crippen LogP contribution in [0.3, 0.4) is 0 Å². The van der Waals surface area contributed by atoms with Crippen LogP contribution in [0.4, 0.5) is 17.1 Å². The molecule has 5 aliphatic rings. The summed E-state index contributed by atoms with van der Waals surface area (Å²) in [5.41, 5.74) is 24.9. The van der Waals surface area contributed by atoms with Crippen molar-refractivity contribution >= 4 is 40.6 Å². The minimum atomic E-state index is -0.596. The first-order chi connectivity index (χ1) is 38.7. The summed E-state index contributed by atoms with van der Waals surface area (Å²) in [6, 6.07) is 109. The van der Waals surface area contributed by atoms with Gasteiger partial charge in [-0.2, -0.15) is 0 Å². The highest BCUT2D eigenvalue weighted by molar-refractivity contribution is 7.99. The fourth-order valence-corrected chi connectivity index (χ4v) is 17.5. The van der Waals surface area contributed by atoms with Crippen LogP contribution >= 0.6 is 23.5 Å². The molecular weight excluding hydrogens is 979 g/mol. The Balaban J connectivity index is 1.01. The number of anilines is 3. The van der Waals surface area contributed by atoms with Crippen LogP contribution in [-0.4, -0.2) is 0 Å². The van der Waals surface area contributed by atoms with Crippen molar-refractivity contribution in [2.45, 2.75) is 35.8 Å². The Labute approximate surface area is 463 Å².